The summed E-state index contributed by atoms with van der Waals surface area (Å²) in [6.07, 6.45) is -9.72. The van der Waals surface area contributed by atoms with Crippen molar-refractivity contribution in [1.29, 1.82) is 0 Å². The maximum atomic E-state index is 14.5. The maximum absolute atomic E-state index is 14.5. The van der Waals surface area contributed by atoms with Crippen LogP contribution in [0, 0.1) is 5.92 Å². The minimum Gasteiger partial charge on any atom is -0.481 e. The molecule has 0 bridgehead atoms. The molecule has 35 heavy (non-hydrogen) atoms. The molecule has 1 aliphatic carbocycles. The molecule has 1 saturated heterocycles. The molecular weight excluding hydrogens is 485 g/mol. The number of fused-ring (bicyclic) bond motifs is 3. The van der Waals surface area contributed by atoms with Crippen LogP contribution in [0.15, 0.2) is 30.0 Å². The van der Waals surface area contributed by atoms with E-state index in [-0.39, 0.29) is 42.9 Å². The summed E-state index contributed by atoms with van der Waals surface area (Å²) < 4.78 is 93.5. The first-order valence-electron chi connectivity index (χ1n) is 11.1. The highest BCUT2D eigenvalue weighted by molar-refractivity contribution is 5.79. The molecular formula is C23H23F7N2O3. The molecule has 1 aromatic carbocycles. The number of halogens is 7. The highest BCUT2D eigenvalue weighted by atomic mass is 19.4. The van der Waals surface area contributed by atoms with Crippen LogP contribution >= 0.6 is 0 Å². The van der Waals surface area contributed by atoms with Gasteiger partial charge < -0.3 is 14.9 Å². The largest absolute Gasteiger partial charge is 0.481 e. The number of benzene rings is 1. The lowest BCUT2D eigenvalue weighted by molar-refractivity contribution is -0.348. The van der Waals surface area contributed by atoms with Crippen LogP contribution in [-0.4, -0.2) is 58.4 Å². The SMILES string of the molecule is CC1=CN(C(=O)N2CC[C@H]3c4ccc(C(F)(C(F)(F)F)C(F)(F)F)cc4CCC32)CCC1C(=O)O. The van der Waals surface area contributed by atoms with Gasteiger partial charge in [-0.25, -0.2) is 9.18 Å². The lowest BCUT2D eigenvalue weighted by Gasteiger charge is -2.37. The number of rotatable bonds is 2. The number of hydrogen-bond donors (Lipinski definition) is 1. The number of carboxylic acids is 1. The Morgan fingerprint density at radius 1 is 0.971 bits per heavy atom. The second-order valence-corrected chi connectivity index (χ2v) is 9.29. The first-order valence-corrected chi connectivity index (χ1v) is 11.1. The third-order valence-corrected chi connectivity index (χ3v) is 7.33. The number of carbonyl (C=O) groups is 2. The standard InChI is InChI=1S/C23H23F7N2O3/c1-12-11-31(8-6-15(12)19(33)34)20(35)32-9-7-17-16-4-3-14(10-13(16)2-5-18(17)32)21(24,22(25,26)27)23(28,29)30/h3-4,10-11,15,17-18H,2,5-9H2,1H3,(H,33,34)/t15?,17-,18?/m0/s1. The fourth-order valence-electron chi connectivity index (χ4n) is 5.53. The summed E-state index contributed by atoms with van der Waals surface area (Å²) in [4.78, 5) is 27.5. The molecule has 3 aliphatic rings. The fourth-order valence-corrected chi connectivity index (χ4v) is 5.53. The summed E-state index contributed by atoms with van der Waals surface area (Å²) in [7, 11) is 0. The van der Waals surface area contributed by atoms with Crippen molar-refractivity contribution in [2.45, 2.75) is 62.6 Å². The molecule has 5 nitrogen and oxygen atoms in total. The number of carboxylic acid groups (broad SMARTS) is 1. The van der Waals surface area contributed by atoms with E-state index in [2.05, 4.69) is 0 Å². The summed E-state index contributed by atoms with van der Waals surface area (Å²) in [5, 5.41) is 9.25. The van der Waals surface area contributed by atoms with Gasteiger partial charge in [0.15, 0.2) is 0 Å². The smallest absolute Gasteiger partial charge is 0.435 e. The molecule has 2 amide bonds. The normalized spacial score (nSPS) is 25.1. The molecule has 2 aliphatic heterocycles. The van der Waals surface area contributed by atoms with Crippen molar-refractivity contribution in [3.05, 3.63) is 46.7 Å². The van der Waals surface area contributed by atoms with Crippen molar-refractivity contribution in [2.75, 3.05) is 13.1 Å². The van der Waals surface area contributed by atoms with Crippen molar-refractivity contribution >= 4 is 12.0 Å². The molecule has 2 heterocycles. The molecule has 0 radical (unpaired) electrons. The van der Waals surface area contributed by atoms with Crippen LogP contribution < -0.4 is 0 Å². The Kier molecular flexibility index (Phi) is 6.08. The molecule has 0 spiro atoms. The molecule has 0 aromatic heterocycles. The molecule has 2 unspecified atom stereocenters. The number of carbonyl (C=O) groups excluding carboxylic acids is 1. The summed E-state index contributed by atoms with van der Waals surface area (Å²) in [6, 6.07) is 1.67. The van der Waals surface area contributed by atoms with Gasteiger partial charge in [0.05, 0.1) is 5.92 Å². The van der Waals surface area contributed by atoms with Gasteiger partial charge in [-0.3, -0.25) is 4.79 Å². The highest BCUT2D eigenvalue weighted by Crippen LogP contribution is 2.54. The zero-order chi connectivity index (χ0) is 25.9. The van der Waals surface area contributed by atoms with Crippen LogP contribution in [0.3, 0.4) is 0 Å². The van der Waals surface area contributed by atoms with Crippen molar-refractivity contribution in [3.63, 3.8) is 0 Å². The minimum atomic E-state index is -6.17. The fraction of sp³-hybridized carbons (Fsp3) is 0.565. The Morgan fingerprint density at radius 2 is 1.63 bits per heavy atom. The Morgan fingerprint density at radius 3 is 2.20 bits per heavy atom. The van der Waals surface area contributed by atoms with Gasteiger partial charge in [0, 0.05) is 36.8 Å². The van der Waals surface area contributed by atoms with E-state index in [1.54, 1.807) is 11.8 Å². The Labute approximate surface area is 196 Å². The summed E-state index contributed by atoms with van der Waals surface area (Å²) in [5.41, 5.74) is -5.70. The van der Waals surface area contributed by atoms with Gasteiger partial charge in [0.1, 0.15) is 0 Å². The van der Waals surface area contributed by atoms with Crippen molar-refractivity contribution in [1.82, 2.24) is 9.80 Å². The Balaban J connectivity index is 1.58. The quantitative estimate of drug-likeness (QED) is 0.536. The number of aryl methyl sites for hydroxylation is 1. The number of nitrogens with zero attached hydrogens (tertiary/aromatic N) is 2. The van der Waals surface area contributed by atoms with Crippen LogP contribution in [-0.2, 0) is 16.9 Å². The lowest BCUT2D eigenvalue weighted by atomic mass is 9.77. The summed E-state index contributed by atoms with van der Waals surface area (Å²) in [5.74, 6) is -1.94. The third kappa shape index (κ3) is 4.04. The molecule has 192 valence electrons. The van der Waals surface area contributed by atoms with E-state index >= 15 is 0 Å². The van der Waals surface area contributed by atoms with Crippen molar-refractivity contribution in [2.24, 2.45) is 5.92 Å². The molecule has 4 rings (SSSR count). The number of likely N-dealkylation sites (tertiary alicyclic amines) is 1. The van der Waals surface area contributed by atoms with Gasteiger partial charge in [-0.2, -0.15) is 26.3 Å². The van der Waals surface area contributed by atoms with E-state index in [4.69, 9.17) is 0 Å². The minimum absolute atomic E-state index is 0.0931. The van der Waals surface area contributed by atoms with Gasteiger partial charge in [-0.05, 0) is 49.3 Å². The number of hydrogen-bond acceptors (Lipinski definition) is 2. The summed E-state index contributed by atoms with van der Waals surface area (Å²) in [6.45, 7) is 2.18. The zero-order valence-electron chi connectivity index (χ0n) is 18.6. The van der Waals surface area contributed by atoms with Gasteiger partial charge >= 0.3 is 30.0 Å². The van der Waals surface area contributed by atoms with Gasteiger partial charge in [-0.1, -0.05) is 18.2 Å². The van der Waals surface area contributed by atoms with E-state index in [1.807, 2.05) is 0 Å². The average Bonchev–Trinajstić information content (AvgIpc) is 3.20. The first kappa shape index (κ1) is 25.3. The van der Waals surface area contributed by atoms with Gasteiger partial charge in [-0.15, -0.1) is 0 Å². The predicted molar refractivity (Wildman–Crippen MR) is 109 cm³/mol. The molecule has 12 heteroatoms. The third-order valence-electron chi connectivity index (χ3n) is 7.33. The predicted octanol–water partition coefficient (Wildman–Crippen LogP) is 5.51. The average molecular weight is 508 g/mol. The molecule has 1 fully saturated rings. The van der Waals surface area contributed by atoms with Gasteiger partial charge in [0.25, 0.3) is 0 Å². The first-order chi connectivity index (χ1) is 16.2. The molecule has 1 N–H and O–H groups in total. The second kappa shape index (κ2) is 8.41. The van der Waals surface area contributed by atoms with E-state index in [0.29, 0.717) is 42.7 Å². The number of alkyl halides is 7. The molecule has 1 aromatic rings. The van der Waals surface area contributed by atoms with Crippen molar-refractivity contribution in [3.8, 4) is 0 Å². The van der Waals surface area contributed by atoms with Crippen LogP contribution in [0.4, 0.5) is 35.5 Å². The van der Waals surface area contributed by atoms with E-state index in [9.17, 15) is 45.4 Å². The molecule has 0 saturated carbocycles. The Hall–Kier alpha value is -2.79. The Bertz CT molecular complexity index is 1050. The van der Waals surface area contributed by atoms with Crippen LogP contribution in [0.2, 0.25) is 0 Å². The topological polar surface area (TPSA) is 60.9 Å². The van der Waals surface area contributed by atoms with E-state index in [0.717, 1.165) is 6.07 Å². The van der Waals surface area contributed by atoms with E-state index in [1.165, 1.54) is 11.1 Å². The van der Waals surface area contributed by atoms with Gasteiger partial charge in [0.2, 0.25) is 0 Å². The van der Waals surface area contributed by atoms with Crippen molar-refractivity contribution < 1.29 is 45.4 Å². The number of aliphatic carboxylic acids is 1. The van der Waals surface area contributed by atoms with E-state index < -0.39 is 35.5 Å². The highest BCUT2D eigenvalue weighted by Gasteiger charge is 2.73. The summed E-state index contributed by atoms with van der Waals surface area (Å²) >= 11 is 0. The molecule has 3 atom stereocenters. The zero-order valence-corrected chi connectivity index (χ0v) is 18.6. The van der Waals surface area contributed by atoms with Crippen LogP contribution in [0.1, 0.15) is 48.8 Å². The maximum Gasteiger partial charge on any atom is 0.435 e. The van der Waals surface area contributed by atoms with Crippen LogP contribution in [0.5, 0.6) is 0 Å². The second-order valence-electron chi connectivity index (χ2n) is 9.29. The lowest BCUT2D eigenvalue weighted by Crippen LogP contribution is -2.50. The van der Waals surface area contributed by atoms with Crippen LogP contribution in [0.25, 0.3) is 0 Å². The number of amides is 2. The number of urea groups is 1. The monoisotopic (exact) mass is 508 g/mol.